The number of anilines is 1. The van der Waals surface area contributed by atoms with E-state index in [1.165, 1.54) is 27.4 Å². The van der Waals surface area contributed by atoms with Gasteiger partial charge in [-0.3, -0.25) is 14.1 Å². The van der Waals surface area contributed by atoms with Crippen LogP contribution in [0.5, 0.6) is 0 Å². The molecule has 4 rings (SSSR count). The zero-order chi connectivity index (χ0) is 22.9. The Morgan fingerprint density at radius 2 is 2.19 bits per heavy atom. The number of aromatic amines is 1. The van der Waals surface area contributed by atoms with Crippen molar-refractivity contribution in [2.24, 2.45) is 10.9 Å². The summed E-state index contributed by atoms with van der Waals surface area (Å²) in [6, 6.07) is 10.8. The first-order chi connectivity index (χ1) is 15.3. The number of rotatable bonds is 8. The summed E-state index contributed by atoms with van der Waals surface area (Å²) in [5.74, 6) is -0.359. The van der Waals surface area contributed by atoms with Crippen LogP contribution >= 0.6 is 23.1 Å². The van der Waals surface area contributed by atoms with Crippen LogP contribution in [0.2, 0.25) is 0 Å². The average Bonchev–Trinajstić information content (AvgIpc) is 3.55. The number of fused-ring (bicyclic) bond motifs is 1. The third kappa shape index (κ3) is 4.29. The van der Waals surface area contributed by atoms with Crippen molar-refractivity contribution >= 4 is 60.7 Å². The molecule has 0 spiro atoms. The van der Waals surface area contributed by atoms with Gasteiger partial charge in [-0.15, -0.1) is 11.3 Å². The molecular formula is C21H24N4O4S3. The SMILES string of the molecule is CC(C(=O)NCCO)C1CN=C(c2cc3cccc(N(C)S(=O)(=O)c4cccs4)c3[nH]2)S1. The summed E-state index contributed by atoms with van der Waals surface area (Å²) in [6.07, 6.45) is 0. The van der Waals surface area contributed by atoms with Gasteiger partial charge in [0, 0.05) is 30.1 Å². The molecule has 1 aliphatic rings. The van der Waals surface area contributed by atoms with Crippen LogP contribution in [0.15, 0.2) is 51.0 Å². The summed E-state index contributed by atoms with van der Waals surface area (Å²) in [5, 5.41) is 15.0. The van der Waals surface area contributed by atoms with Crippen LogP contribution in [-0.4, -0.2) is 61.5 Å². The van der Waals surface area contributed by atoms with E-state index in [-0.39, 0.29) is 34.4 Å². The predicted molar refractivity (Wildman–Crippen MR) is 130 cm³/mol. The second kappa shape index (κ2) is 9.26. The third-order valence-electron chi connectivity index (χ3n) is 5.37. The second-order valence-electron chi connectivity index (χ2n) is 7.43. The Kier molecular flexibility index (Phi) is 6.61. The Morgan fingerprint density at radius 3 is 2.91 bits per heavy atom. The van der Waals surface area contributed by atoms with Gasteiger partial charge in [0.1, 0.15) is 9.25 Å². The van der Waals surface area contributed by atoms with Crippen molar-refractivity contribution in [3.63, 3.8) is 0 Å². The lowest BCUT2D eigenvalue weighted by Gasteiger charge is -2.19. The van der Waals surface area contributed by atoms with Crippen molar-refractivity contribution in [1.29, 1.82) is 0 Å². The van der Waals surface area contributed by atoms with Gasteiger partial charge >= 0.3 is 0 Å². The fourth-order valence-corrected chi connectivity index (χ4v) is 7.02. The number of nitrogens with one attached hydrogen (secondary N) is 2. The topological polar surface area (TPSA) is 115 Å². The van der Waals surface area contributed by atoms with Crippen molar-refractivity contribution in [3.8, 4) is 0 Å². The van der Waals surface area contributed by atoms with Crippen LogP contribution in [-0.2, 0) is 14.8 Å². The highest BCUT2D eigenvalue weighted by molar-refractivity contribution is 8.15. The molecule has 1 amide bonds. The molecule has 3 aromatic rings. The van der Waals surface area contributed by atoms with Crippen molar-refractivity contribution in [2.75, 3.05) is 31.0 Å². The largest absolute Gasteiger partial charge is 0.395 e. The number of H-pyrrole nitrogens is 1. The highest BCUT2D eigenvalue weighted by Gasteiger charge is 2.31. The molecule has 0 saturated carbocycles. The number of sulfonamides is 1. The summed E-state index contributed by atoms with van der Waals surface area (Å²) in [4.78, 5) is 20.2. The highest BCUT2D eigenvalue weighted by Crippen LogP contribution is 2.35. The van der Waals surface area contributed by atoms with E-state index >= 15 is 0 Å². The number of carbonyl (C=O) groups excluding carboxylic acids is 1. The summed E-state index contributed by atoms with van der Waals surface area (Å²) in [5.41, 5.74) is 2.06. The Morgan fingerprint density at radius 1 is 1.38 bits per heavy atom. The monoisotopic (exact) mass is 492 g/mol. The van der Waals surface area contributed by atoms with Crippen LogP contribution in [0.4, 0.5) is 5.69 Å². The maximum atomic E-state index is 13.0. The number of nitrogens with zero attached hydrogens (tertiary/aromatic N) is 2. The number of thiophene rings is 1. The van der Waals surface area contributed by atoms with Gasteiger partial charge < -0.3 is 15.4 Å². The minimum atomic E-state index is -3.65. The smallest absolute Gasteiger partial charge is 0.273 e. The standard InChI is InChI=1S/C21H24N4O4S3/c1-13(20(27)22-8-9-26)17-12-23-21(31-17)15-11-14-5-3-6-16(19(14)24-15)25(2)32(28,29)18-7-4-10-30-18/h3-7,10-11,13,17,24,26H,8-9,12H2,1-2H3,(H,22,27). The van der Waals surface area contributed by atoms with Gasteiger partial charge in [-0.1, -0.05) is 36.9 Å². The molecule has 0 aliphatic carbocycles. The number of hydrogen-bond donors (Lipinski definition) is 3. The molecule has 2 aromatic heterocycles. The summed E-state index contributed by atoms with van der Waals surface area (Å²) < 4.78 is 27.6. The number of amides is 1. The molecule has 32 heavy (non-hydrogen) atoms. The molecular weight excluding hydrogens is 468 g/mol. The molecule has 3 N–H and O–H groups in total. The predicted octanol–water partition coefficient (Wildman–Crippen LogP) is 2.66. The minimum Gasteiger partial charge on any atom is -0.395 e. The molecule has 0 radical (unpaired) electrons. The molecule has 0 fully saturated rings. The molecule has 8 nitrogen and oxygen atoms in total. The molecule has 1 aliphatic heterocycles. The van der Waals surface area contributed by atoms with Crippen molar-refractivity contribution in [2.45, 2.75) is 16.4 Å². The van der Waals surface area contributed by atoms with E-state index < -0.39 is 10.0 Å². The van der Waals surface area contributed by atoms with Crippen LogP contribution in [0.1, 0.15) is 12.6 Å². The van der Waals surface area contributed by atoms with Crippen molar-refractivity contribution < 1.29 is 18.3 Å². The number of aliphatic imine (C=N–C) groups is 1. The van der Waals surface area contributed by atoms with E-state index in [0.717, 1.165) is 16.1 Å². The van der Waals surface area contributed by atoms with E-state index in [2.05, 4.69) is 15.3 Å². The maximum absolute atomic E-state index is 13.0. The first-order valence-electron chi connectivity index (χ1n) is 10.1. The fourth-order valence-electron chi connectivity index (χ4n) is 3.50. The van der Waals surface area contributed by atoms with Gasteiger partial charge in [0.2, 0.25) is 5.91 Å². The number of aliphatic hydroxyl groups excluding tert-OH is 1. The highest BCUT2D eigenvalue weighted by atomic mass is 32.2. The molecule has 3 heterocycles. The van der Waals surface area contributed by atoms with Gasteiger partial charge in [-0.05, 0) is 23.6 Å². The van der Waals surface area contributed by atoms with Crippen LogP contribution in [0.25, 0.3) is 10.9 Å². The lowest BCUT2D eigenvalue weighted by Crippen LogP contribution is -2.36. The number of aromatic nitrogens is 1. The lowest BCUT2D eigenvalue weighted by atomic mass is 10.1. The number of carbonyl (C=O) groups is 1. The van der Waals surface area contributed by atoms with E-state index in [1.54, 1.807) is 30.6 Å². The number of hydrogen-bond acceptors (Lipinski definition) is 7. The van der Waals surface area contributed by atoms with Gasteiger partial charge in [0.15, 0.2) is 0 Å². The van der Waals surface area contributed by atoms with Crippen molar-refractivity contribution in [1.82, 2.24) is 10.3 Å². The average molecular weight is 493 g/mol. The Balaban J connectivity index is 1.57. The van der Waals surface area contributed by atoms with Crippen LogP contribution < -0.4 is 9.62 Å². The number of para-hydroxylation sites is 1. The maximum Gasteiger partial charge on any atom is 0.273 e. The molecule has 1 aromatic carbocycles. The summed E-state index contributed by atoms with van der Waals surface area (Å²) >= 11 is 2.72. The minimum absolute atomic E-state index is 0.00328. The fraction of sp³-hybridized carbons (Fsp3) is 0.333. The zero-order valence-electron chi connectivity index (χ0n) is 17.6. The van der Waals surface area contributed by atoms with Gasteiger partial charge in [-0.2, -0.15) is 0 Å². The summed E-state index contributed by atoms with van der Waals surface area (Å²) in [6.45, 7) is 2.52. The normalized spacial score (nSPS) is 17.3. The lowest BCUT2D eigenvalue weighted by molar-refractivity contribution is -0.124. The first kappa shape index (κ1) is 22.8. The van der Waals surface area contributed by atoms with Crippen LogP contribution in [0, 0.1) is 5.92 Å². The zero-order valence-corrected chi connectivity index (χ0v) is 20.1. The van der Waals surface area contributed by atoms with E-state index in [0.29, 0.717) is 17.7 Å². The molecule has 0 saturated heterocycles. The third-order valence-corrected chi connectivity index (χ3v) is 9.95. The summed E-state index contributed by atoms with van der Waals surface area (Å²) in [7, 11) is -2.10. The Bertz CT molecular complexity index is 1250. The molecule has 2 unspecified atom stereocenters. The second-order valence-corrected chi connectivity index (χ2v) is 11.8. The van der Waals surface area contributed by atoms with Gasteiger partial charge in [0.25, 0.3) is 10.0 Å². The van der Waals surface area contributed by atoms with Crippen LogP contribution in [0.3, 0.4) is 0 Å². The first-order valence-corrected chi connectivity index (χ1v) is 13.3. The van der Waals surface area contributed by atoms with E-state index in [4.69, 9.17) is 5.11 Å². The molecule has 2 atom stereocenters. The number of aliphatic hydroxyl groups is 1. The van der Waals surface area contributed by atoms with Gasteiger partial charge in [0.05, 0.1) is 30.0 Å². The van der Waals surface area contributed by atoms with Gasteiger partial charge in [-0.25, -0.2) is 8.42 Å². The molecule has 0 bridgehead atoms. The van der Waals surface area contributed by atoms with E-state index in [1.807, 2.05) is 25.1 Å². The Hall–Kier alpha value is -2.34. The number of thioether (sulfide) groups is 1. The molecule has 11 heteroatoms. The van der Waals surface area contributed by atoms with E-state index in [9.17, 15) is 13.2 Å². The molecule has 170 valence electrons. The Labute approximate surface area is 194 Å². The number of benzene rings is 1. The quantitative estimate of drug-likeness (QED) is 0.447. The van der Waals surface area contributed by atoms with Crippen molar-refractivity contribution in [3.05, 3.63) is 47.5 Å².